The smallest absolute Gasteiger partial charge is 0.319 e. The predicted molar refractivity (Wildman–Crippen MR) is 68.3 cm³/mol. The Morgan fingerprint density at radius 3 is 2.71 bits per heavy atom. The van der Waals surface area contributed by atoms with Gasteiger partial charge in [-0.2, -0.15) is 0 Å². The zero-order valence-corrected chi connectivity index (χ0v) is 10.1. The molecule has 0 unspecified atom stereocenters. The lowest BCUT2D eigenvalue weighted by Gasteiger charge is -2.05. The van der Waals surface area contributed by atoms with Gasteiger partial charge in [0.2, 0.25) is 0 Å². The first-order valence-corrected chi connectivity index (χ1v) is 6.00. The Bertz CT molecular complexity index is 407. The molecule has 0 atom stereocenters. The second-order valence-electron chi connectivity index (χ2n) is 4.48. The van der Waals surface area contributed by atoms with Crippen LogP contribution in [0.2, 0.25) is 0 Å². The number of hydrogen-bond donors (Lipinski definition) is 2. The van der Waals surface area contributed by atoms with Crippen LogP contribution in [0.25, 0.3) is 0 Å². The van der Waals surface area contributed by atoms with E-state index in [4.69, 9.17) is 0 Å². The third-order valence-corrected chi connectivity index (χ3v) is 2.95. The molecule has 90 valence electrons. The maximum Gasteiger partial charge on any atom is 0.319 e. The third kappa shape index (κ3) is 3.94. The molecule has 0 spiro atoms. The topological polar surface area (TPSA) is 41.1 Å². The fourth-order valence-electron chi connectivity index (χ4n) is 1.67. The number of benzene rings is 1. The van der Waals surface area contributed by atoms with Crippen LogP contribution in [0.15, 0.2) is 42.1 Å². The molecule has 1 fully saturated rings. The van der Waals surface area contributed by atoms with Crippen LogP contribution in [0, 0.1) is 5.92 Å². The second kappa shape index (κ2) is 5.53. The zero-order chi connectivity index (χ0) is 12.1. The van der Waals surface area contributed by atoms with Gasteiger partial charge in [0.1, 0.15) is 0 Å². The Labute approximate surface area is 102 Å². The van der Waals surface area contributed by atoms with Gasteiger partial charge in [0.25, 0.3) is 0 Å². The Morgan fingerprint density at radius 1 is 1.35 bits per heavy atom. The van der Waals surface area contributed by atoms with Crippen molar-refractivity contribution in [3.8, 4) is 0 Å². The van der Waals surface area contributed by atoms with Gasteiger partial charge in [-0.15, -0.1) is 0 Å². The van der Waals surface area contributed by atoms with E-state index in [9.17, 15) is 4.79 Å². The lowest BCUT2D eigenvalue weighted by Crippen LogP contribution is -2.31. The minimum Gasteiger partial charge on any atom is -0.334 e. The lowest BCUT2D eigenvalue weighted by molar-refractivity contribution is 0.243. The molecule has 1 aliphatic rings. The monoisotopic (exact) mass is 230 g/mol. The van der Waals surface area contributed by atoms with E-state index < -0.39 is 0 Å². The summed E-state index contributed by atoms with van der Waals surface area (Å²) < 4.78 is 0. The molecule has 2 N–H and O–H groups in total. The van der Waals surface area contributed by atoms with Gasteiger partial charge in [0.15, 0.2) is 0 Å². The van der Waals surface area contributed by atoms with Crippen LogP contribution in [-0.2, 0) is 6.54 Å². The molecule has 0 saturated heterocycles. The van der Waals surface area contributed by atoms with E-state index >= 15 is 0 Å². The summed E-state index contributed by atoms with van der Waals surface area (Å²) in [6, 6.07) is 9.73. The molecule has 0 aliphatic heterocycles. The summed E-state index contributed by atoms with van der Waals surface area (Å²) in [5.74, 6) is 0.699. The van der Waals surface area contributed by atoms with E-state index in [1.807, 2.05) is 36.5 Å². The minimum atomic E-state index is -0.145. The number of hydrogen-bond acceptors (Lipinski definition) is 1. The predicted octanol–water partition coefficient (Wildman–Crippen LogP) is 2.80. The molecule has 1 saturated carbocycles. The number of carbonyl (C=O) groups excluding carboxylic acids is 1. The number of carbonyl (C=O) groups is 1. The van der Waals surface area contributed by atoms with Gasteiger partial charge < -0.3 is 10.6 Å². The van der Waals surface area contributed by atoms with E-state index in [1.54, 1.807) is 0 Å². The first kappa shape index (κ1) is 11.7. The van der Waals surface area contributed by atoms with E-state index in [0.717, 1.165) is 5.56 Å². The normalized spacial score (nSPS) is 15.5. The molecule has 1 aromatic rings. The molecule has 0 bridgehead atoms. The third-order valence-electron chi connectivity index (χ3n) is 2.95. The van der Waals surface area contributed by atoms with Crippen LogP contribution in [0.1, 0.15) is 25.3 Å². The van der Waals surface area contributed by atoms with Gasteiger partial charge in [0, 0.05) is 12.7 Å². The summed E-state index contributed by atoms with van der Waals surface area (Å²) in [6.45, 7) is 2.62. The summed E-state index contributed by atoms with van der Waals surface area (Å²) in [5.41, 5.74) is 2.37. The lowest BCUT2D eigenvalue weighted by atomic mass is 10.2. The van der Waals surface area contributed by atoms with E-state index in [2.05, 4.69) is 17.6 Å². The van der Waals surface area contributed by atoms with Gasteiger partial charge in [0.05, 0.1) is 0 Å². The van der Waals surface area contributed by atoms with Crippen LogP contribution in [0.3, 0.4) is 0 Å². The average molecular weight is 230 g/mol. The van der Waals surface area contributed by atoms with Crippen LogP contribution < -0.4 is 10.6 Å². The Balaban J connectivity index is 1.72. The average Bonchev–Trinajstić information content (AvgIpc) is 3.19. The standard InChI is InChI=1S/C14H18N2O/c1-11(13-7-8-13)9-15-14(17)16-10-12-5-3-2-4-6-12/h2-6,9,13H,7-8,10H2,1H3,(H2,15,16,17)/b11-9+. The first-order chi connectivity index (χ1) is 8.25. The van der Waals surface area contributed by atoms with E-state index in [0.29, 0.717) is 12.5 Å². The maximum atomic E-state index is 11.5. The van der Waals surface area contributed by atoms with Crippen molar-refractivity contribution in [3.63, 3.8) is 0 Å². The molecule has 0 aromatic heterocycles. The van der Waals surface area contributed by atoms with Crippen LogP contribution in [-0.4, -0.2) is 6.03 Å². The molecule has 1 aliphatic carbocycles. The molecule has 3 heteroatoms. The van der Waals surface area contributed by atoms with E-state index in [-0.39, 0.29) is 6.03 Å². The van der Waals surface area contributed by atoms with Crippen molar-refractivity contribution in [2.45, 2.75) is 26.3 Å². The number of allylic oxidation sites excluding steroid dienone is 1. The highest BCUT2D eigenvalue weighted by Gasteiger charge is 2.22. The van der Waals surface area contributed by atoms with Gasteiger partial charge in [-0.1, -0.05) is 35.9 Å². The van der Waals surface area contributed by atoms with Gasteiger partial charge in [-0.3, -0.25) is 0 Å². The fourth-order valence-corrected chi connectivity index (χ4v) is 1.67. The SMILES string of the molecule is C/C(=C\NC(=O)NCc1ccccc1)C1CC1. The molecular formula is C14H18N2O. The number of urea groups is 1. The highest BCUT2D eigenvalue weighted by Crippen LogP contribution is 2.35. The first-order valence-electron chi connectivity index (χ1n) is 6.00. The van der Waals surface area contributed by atoms with Crippen molar-refractivity contribution in [2.75, 3.05) is 0 Å². The molecule has 0 radical (unpaired) electrons. The van der Waals surface area contributed by atoms with Crippen LogP contribution in [0.5, 0.6) is 0 Å². The second-order valence-corrected chi connectivity index (χ2v) is 4.48. The molecule has 2 rings (SSSR count). The summed E-state index contributed by atoms with van der Waals surface area (Å²) in [7, 11) is 0. The number of amides is 2. The van der Waals surface area contributed by atoms with Gasteiger partial charge in [-0.25, -0.2) is 4.79 Å². The summed E-state index contributed by atoms with van der Waals surface area (Å²) in [5, 5.41) is 5.58. The van der Waals surface area contributed by atoms with E-state index in [1.165, 1.54) is 18.4 Å². The summed E-state index contributed by atoms with van der Waals surface area (Å²) in [4.78, 5) is 11.5. The number of rotatable bonds is 4. The van der Waals surface area contributed by atoms with Crippen molar-refractivity contribution < 1.29 is 4.79 Å². The summed E-state index contributed by atoms with van der Waals surface area (Å²) in [6.07, 6.45) is 4.34. The van der Waals surface area contributed by atoms with Gasteiger partial charge >= 0.3 is 6.03 Å². The van der Waals surface area contributed by atoms with Crippen molar-refractivity contribution in [1.29, 1.82) is 0 Å². The molecule has 17 heavy (non-hydrogen) atoms. The zero-order valence-electron chi connectivity index (χ0n) is 10.1. The van der Waals surface area contributed by atoms with Crippen molar-refractivity contribution >= 4 is 6.03 Å². The van der Waals surface area contributed by atoms with Crippen LogP contribution >= 0.6 is 0 Å². The molecule has 1 aromatic carbocycles. The molecular weight excluding hydrogens is 212 g/mol. The van der Waals surface area contributed by atoms with Crippen molar-refractivity contribution in [3.05, 3.63) is 47.7 Å². The summed E-state index contributed by atoms with van der Waals surface area (Å²) >= 11 is 0. The number of nitrogens with one attached hydrogen (secondary N) is 2. The van der Waals surface area contributed by atoms with Crippen molar-refractivity contribution in [1.82, 2.24) is 10.6 Å². The van der Waals surface area contributed by atoms with Crippen LogP contribution in [0.4, 0.5) is 4.79 Å². The quantitative estimate of drug-likeness (QED) is 0.820. The molecule has 2 amide bonds. The fraction of sp³-hybridized carbons (Fsp3) is 0.357. The molecule has 3 nitrogen and oxygen atoms in total. The Hall–Kier alpha value is -1.77. The molecule has 0 heterocycles. The Morgan fingerprint density at radius 2 is 2.06 bits per heavy atom. The minimum absolute atomic E-state index is 0.145. The largest absolute Gasteiger partial charge is 0.334 e. The Kier molecular flexibility index (Phi) is 3.81. The highest BCUT2D eigenvalue weighted by molar-refractivity contribution is 5.74. The van der Waals surface area contributed by atoms with Gasteiger partial charge in [-0.05, 0) is 31.2 Å². The highest BCUT2D eigenvalue weighted by atomic mass is 16.2. The van der Waals surface area contributed by atoms with Crippen molar-refractivity contribution in [2.24, 2.45) is 5.92 Å². The maximum absolute atomic E-state index is 11.5.